The molecule has 1 N–H and O–H groups in total. The van der Waals surface area contributed by atoms with E-state index in [1.807, 2.05) is 85.1 Å². The van der Waals surface area contributed by atoms with E-state index in [9.17, 15) is 4.79 Å². The highest BCUT2D eigenvalue weighted by Crippen LogP contribution is 2.19. The smallest absolute Gasteiger partial charge is 0.243 e. The Bertz CT molecular complexity index is 913. The molecule has 3 rings (SSSR count). The van der Waals surface area contributed by atoms with Crippen molar-refractivity contribution in [2.24, 2.45) is 0 Å². The molecule has 0 spiro atoms. The van der Waals surface area contributed by atoms with Gasteiger partial charge < -0.3 is 0 Å². The summed E-state index contributed by atoms with van der Waals surface area (Å²) in [6, 6.07) is 18.1. The van der Waals surface area contributed by atoms with Crippen LogP contribution in [0.4, 0.5) is 5.69 Å². The SMILES string of the molecule is CCN(NC(=O)Cc1c(C)nn(-c2ccccc2)c1C)c1ccc(C)cc1. The van der Waals surface area contributed by atoms with E-state index in [0.29, 0.717) is 13.0 Å². The van der Waals surface area contributed by atoms with Gasteiger partial charge in [0.15, 0.2) is 0 Å². The summed E-state index contributed by atoms with van der Waals surface area (Å²) in [6.07, 6.45) is 0.298. The average molecular weight is 362 g/mol. The summed E-state index contributed by atoms with van der Waals surface area (Å²) in [4.78, 5) is 12.7. The lowest BCUT2D eigenvalue weighted by molar-refractivity contribution is -0.120. The van der Waals surface area contributed by atoms with E-state index < -0.39 is 0 Å². The maximum Gasteiger partial charge on any atom is 0.243 e. The molecular formula is C22H26N4O. The summed E-state index contributed by atoms with van der Waals surface area (Å²) in [5.74, 6) is -0.0452. The van der Waals surface area contributed by atoms with Crippen molar-refractivity contribution in [1.29, 1.82) is 0 Å². The number of nitrogens with one attached hydrogen (secondary N) is 1. The molecular weight excluding hydrogens is 336 g/mol. The number of aromatic nitrogens is 2. The Labute approximate surface area is 160 Å². The lowest BCUT2D eigenvalue weighted by Gasteiger charge is -2.24. The Morgan fingerprint density at radius 2 is 1.70 bits per heavy atom. The molecule has 140 valence electrons. The molecule has 0 aliphatic heterocycles. The predicted molar refractivity (Wildman–Crippen MR) is 109 cm³/mol. The van der Waals surface area contributed by atoms with Gasteiger partial charge in [-0.1, -0.05) is 35.9 Å². The summed E-state index contributed by atoms with van der Waals surface area (Å²) >= 11 is 0. The topological polar surface area (TPSA) is 50.2 Å². The highest BCUT2D eigenvalue weighted by Gasteiger charge is 2.17. The van der Waals surface area contributed by atoms with Crippen molar-refractivity contribution >= 4 is 11.6 Å². The molecule has 0 unspecified atom stereocenters. The molecule has 5 nitrogen and oxygen atoms in total. The van der Waals surface area contributed by atoms with Crippen LogP contribution in [0.5, 0.6) is 0 Å². The maximum absolute atomic E-state index is 12.7. The van der Waals surface area contributed by atoms with Gasteiger partial charge >= 0.3 is 0 Å². The third kappa shape index (κ3) is 4.19. The third-order valence-corrected chi connectivity index (χ3v) is 4.70. The van der Waals surface area contributed by atoms with E-state index in [-0.39, 0.29) is 5.91 Å². The molecule has 5 heteroatoms. The second-order valence-corrected chi connectivity index (χ2v) is 6.69. The van der Waals surface area contributed by atoms with Gasteiger partial charge in [0, 0.05) is 17.8 Å². The number of carbonyl (C=O) groups excluding carboxylic acids is 1. The van der Waals surface area contributed by atoms with Crippen LogP contribution >= 0.6 is 0 Å². The van der Waals surface area contributed by atoms with Gasteiger partial charge in [-0.3, -0.25) is 15.2 Å². The Morgan fingerprint density at radius 3 is 2.33 bits per heavy atom. The summed E-state index contributed by atoms with van der Waals surface area (Å²) in [5.41, 5.74) is 9.02. The highest BCUT2D eigenvalue weighted by molar-refractivity contribution is 5.80. The van der Waals surface area contributed by atoms with E-state index in [1.165, 1.54) is 5.56 Å². The van der Waals surface area contributed by atoms with E-state index in [2.05, 4.69) is 17.4 Å². The van der Waals surface area contributed by atoms with Gasteiger partial charge in [0.2, 0.25) is 5.91 Å². The fraction of sp³-hybridized carbons (Fsp3) is 0.273. The monoisotopic (exact) mass is 362 g/mol. The number of rotatable bonds is 6. The minimum atomic E-state index is -0.0452. The Morgan fingerprint density at radius 1 is 1.04 bits per heavy atom. The number of aryl methyl sites for hydroxylation is 2. The van der Waals surface area contributed by atoms with Crippen molar-refractivity contribution in [3.8, 4) is 5.69 Å². The van der Waals surface area contributed by atoms with Crippen LogP contribution in [-0.4, -0.2) is 22.2 Å². The largest absolute Gasteiger partial charge is 0.286 e. The lowest BCUT2D eigenvalue weighted by Crippen LogP contribution is -2.43. The van der Waals surface area contributed by atoms with Gasteiger partial charge in [-0.15, -0.1) is 0 Å². The molecule has 1 aromatic heterocycles. The number of carbonyl (C=O) groups is 1. The summed E-state index contributed by atoms with van der Waals surface area (Å²) in [5, 5.41) is 6.49. The van der Waals surface area contributed by atoms with Crippen molar-refractivity contribution in [2.75, 3.05) is 11.6 Å². The number of anilines is 1. The number of amides is 1. The molecule has 0 fully saturated rings. The molecule has 1 amide bonds. The molecule has 0 aliphatic rings. The number of hydrogen-bond donors (Lipinski definition) is 1. The van der Waals surface area contributed by atoms with Crippen LogP contribution in [-0.2, 0) is 11.2 Å². The van der Waals surface area contributed by atoms with E-state index >= 15 is 0 Å². The Kier molecular flexibility index (Phi) is 5.60. The number of para-hydroxylation sites is 1. The van der Waals surface area contributed by atoms with Crippen LogP contribution < -0.4 is 10.4 Å². The minimum Gasteiger partial charge on any atom is -0.286 e. The van der Waals surface area contributed by atoms with Crippen LogP contribution in [0.3, 0.4) is 0 Å². The second kappa shape index (κ2) is 8.08. The van der Waals surface area contributed by atoms with Crippen molar-refractivity contribution in [3.63, 3.8) is 0 Å². The van der Waals surface area contributed by atoms with Gasteiger partial charge in [-0.25, -0.2) is 4.68 Å². The lowest BCUT2D eigenvalue weighted by atomic mass is 10.1. The quantitative estimate of drug-likeness (QED) is 0.677. The summed E-state index contributed by atoms with van der Waals surface area (Å²) < 4.78 is 1.90. The van der Waals surface area contributed by atoms with Crippen molar-refractivity contribution in [1.82, 2.24) is 15.2 Å². The van der Waals surface area contributed by atoms with Crippen LogP contribution in [0.1, 0.15) is 29.4 Å². The predicted octanol–water partition coefficient (Wildman–Crippen LogP) is 3.90. The number of benzene rings is 2. The number of nitrogens with zero attached hydrogens (tertiary/aromatic N) is 3. The maximum atomic E-state index is 12.7. The third-order valence-electron chi connectivity index (χ3n) is 4.70. The zero-order valence-corrected chi connectivity index (χ0v) is 16.4. The van der Waals surface area contributed by atoms with E-state index in [0.717, 1.165) is 28.3 Å². The zero-order valence-electron chi connectivity index (χ0n) is 16.4. The van der Waals surface area contributed by atoms with Crippen molar-refractivity contribution in [2.45, 2.75) is 34.1 Å². The fourth-order valence-corrected chi connectivity index (χ4v) is 3.15. The number of hydrazine groups is 1. The van der Waals surface area contributed by atoms with Gasteiger partial charge in [-0.2, -0.15) is 5.10 Å². The van der Waals surface area contributed by atoms with Gasteiger partial charge in [-0.05, 0) is 52.0 Å². The Hall–Kier alpha value is -3.08. The molecule has 3 aromatic rings. The van der Waals surface area contributed by atoms with E-state index in [4.69, 9.17) is 0 Å². The van der Waals surface area contributed by atoms with Crippen molar-refractivity contribution < 1.29 is 4.79 Å². The van der Waals surface area contributed by atoms with Crippen LogP contribution in [0.25, 0.3) is 5.69 Å². The zero-order chi connectivity index (χ0) is 19.4. The summed E-state index contributed by atoms with van der Waals surface area (Å²) in [6.45, 7) is 8.72. The van der Waals surface area contributed by atoms with Crippen LogP contribution in [0.15, 0.2) is 54.6 Å². The molecule has 0 saturated heterocycles. The van der Waals surface area contributed by atoms with Crippen molar-refractivity contribution in [3.05, 3.63) is 77.1 Å². The highest BCUT2D eigenvalue weighted by atomic mass is 16.2. The molecule has 0 aliphatic carbocycles. The second-order valence-electron chi connectivity index (χ2n) is 6.69. The fourth-order valence-electron chi connectivity index (χ4n) is 3.15. The van der Waals surface area contributed by atoms with Gasteiger partial charge in [0.25, 0.3) is 0 Å². The molecule has 0 radical (unpaired) electrons. The molecule has 27 heavy (non-hydrogen) atoms. The number of hydrogen-bond acceptors (Lipinski definition) is 3. The van der Waals surface area contributed by atoms with Crippen LogP contribution in [0.2, 0.25) is 0 Å². The first kappa shape index (κ1) is 18.7. The first-order valence-electron chi connectivity index (χ1n) is 9.23. The van der Waals surface area contributed by atoms with Crippen LogP contribution in [0, 0.1) is 20.8 Å². The molecule has 0 atom stereocenters. The standard InChI is InChI=1S/C22H26N4O/c1-5-25(19-13-11-16(2)12-14-19)24-22(27)15-21-17(3)23-26(18(21)4)20-9-7-6-8-10-20/h6-14H,5,15H2,1-4H3,(H,24,27). The summed E-state index contributed by atoms with van der Waals surface area (Å²) in [7, 11) is 0. The molecule has 2 aromatic carbocycles. The molecule has 0 bridgehead atoms. The first-order chi connectivity index (χ1) is 13.0. The first-order valence-corrected chi connectivity index (χ1v) is 9.23. The van der Waals surface area contributed by atoms with Gasteiger partial charge in [0.05, 0.1) is 23.5 Å². The van der Waals surface area contributed by atoms with E-state index in [1.54, 1.807) is 0 Å². The molecule has 0 saturated carbocycles. The normalized spacial score (nSPS) is 10.7. The minimum absolute atomic E-state index is 0.0452. The average Bonchev–Trinajstić information content (AvgIpc) is 2.96. The van der Waals surface area contributed by atoms with Gasteiger partial charge in [0.1, 0.15) is 0 Å². The molecule has 1 heterocycles. The Balaban J connectivity index is 1.76.